The Morgan fingerprint density at radius 2 is 1.88 bits per heavy atom. The summed E-state index contributed by atoms with van der Waals surface area (Å²) in [4.78, 5) is 12.1. The van der Waals surface area contributed by atoms with Crippen molar-refractivity contribution >= 4 is 5.91 Å². The Balaban J connectivity index is 1.52. The summed E-state index contributed by atoms with van der Waals surface area (Å²) in [6.45, 7) is 2.23. The van der Waals surface area contributed by atoms with Crippen molar-refractivity contribution in [3.8, 4) is 0 Å². The van der Waals surface area contributed by atoms with Crippen LogP contribution >= 0.6 is 0 Å². The molecule has 2 bridgehead atoms. The molecule has 3 aliphatic rings. The van der Waals surface area contributed by atoms with Gasteiger partial charge in [0, 0.05) is 12.0 Å². The van der Waals surface area contributed by atoms with Crippen molar-refractivity contribution in [1.82, 2.24) is 5.32 Å². The van der Waals surface area contributed by atoms with E-state index in [1.165, 1.54) is 38.5 Å². The highest BCUT2D eigenvalue weighted by Gasteiger charge is 2.42. The molecular formula is C15H25NO. The zero-order chi connectivity index (χ0) is 11.8. The number of rotatable bonds is 3. The van der Waals surface area contributed by atoms with Crippen LogP contribution < -0.4 is 5.32 Å². The Morgan fingerprint density at radius 1 is 1.12 bits per heavy atom. The van der Waals surface area contributed by atoms with E-state index in [-0.39, 0.29) is 0 Å². The van der Waals surface area contributed by atoms with E-state index in [0.29, 0.717) is 17.9 Å². The predicted octanol–water partition coefficient (Wildman–Crippen LogP) is 3.12. The van der Waals surface area contributed by atoms with Crippen LogP contribution in [0.3, 0.4) is 0 Å². The highest BCUT2D eigenvalue weighted by molar-refractivity contribution is 5.79. The third kappa shape index (κ3) is 2.23. The average molecular weight is 235 g/mol. The molecule has 3 fully saturated rings. The minimum Gasteiger partial charge on any atom is -0.353 e. The van der Waals surface area contributed by atoms with E-state index in [2.05, 4.69) is 12.2 Å². The molecule has 0 aromatic heterocycles. The lowest BCUT2D eigenvalue weighted by Gasteiger charge is -2.29. The molecule has 3 saturated carbocycles. The standard InChI is InChI=1S/C15H25NO/c1-10(14-9-11-6-7-13(14)8-11)16-15(17)12-4-2-3-5-12/h10-14H,2-9H2,1H3,(H,16,17)/t10-,11+,13+,14-/m0/s1. The first-order chi connectivity index (χ1) is 8.24. The quantitative estimate of drug-likeness (QED) is 0.800. The summed E-state index contributed by atoms with van der Waals surface area (Å²) in [6.07, 6.45) is 10.4. The molecule has 2 heteroatoms. The highest BCUT2D eigenvalue weighted by atomic mass is 16.1. The van der Waals surface area contributed by atoms with E-state index in [1.807, 2.05) is 0 Å². The van der Waals surface area contributed by atoms with Gasteiger partial charge >= 0.3 is 0 Å². The van der Waals surface area contributed by atoms with Crippen molar-refractivity contribution in [2.45, 2.75) is 64.3 Å². The summed E-state index contributed by atoms with van der Waals surface area (Å²) >= 11 is 0. The minimum atomic E-state index is 0.330. The summed E-state index contributed by atoms with van der Waals surface area (Å²) in [5.74, 6) is 3.35. The predicted molar refractivity (Wildman–Crippen MR) is 68.5 cm³/mol. The number of hydrogen-bond acceptors (Lipinski definition) is 1. The van der Waals surface area contributed by atoms with Crippen LogP contribution in [-0.2, 0) is 4.79 Å². The SMILES string of the molecule is C[C@H](NC(=O)C1CCCC1)[C@@H]1C[C@@H]2CC[C@@H]1C2. The molecule has 0 heterocycles. The molecule has 0 saturated heterocycles. The number of carbonyl (C=O) groups excluding carboxylic acids is 1. The van der Waals surface area contributed by atoms with Gasteiger partial charge in [0.2, 0.25) is 5.91 Å². The zero-order valence-corrected chi connectivity index (χ0v) is 11.0. The fourth-order valence-corrected chi connectivity index (χ4v) is 4.54. The summed E-state index contributed by atoms with van der Waals surface area (Å²) in [7, 11) is 0. The molecule has 2 nitrogen and oxygen atoms in total. The number of fused-ring (bicyclic) bond motifs is 2. The number of carbonyl (C=O) groups is 1. The van der Waals surface area contributed by atoms with Crippen LogP contribution in [-0.4, -0.2) is 11.9 Å². The van der Waals surface area contributed by atoms with Crippen LogP contribution in [0.25, 0.3) is 0 Å². The summed E-state index contributed by atoms with van der Waals surface area (Å²) in [6, 6.07) is 0.415. The second-order valence-corrected chi connectivity index (χ2v) is 6.62. The summed E-state index contributed by atoms with van der Waals surface area (Å²) in [5, 5.41) is 3.31. The van der Waals surface area contributed by atoms with Crippen molar-refractivity contribution in [3.63, 3.8) is 0 Å². The van der Waals surface area contributed by atoms with E-state index in [4.69, 9.17) is 0 Å². The lowest BCUT2D eigenvalue weighted by molar-refractivity contribution is -0.125. The largest absolute Gasteiger partial charge is 0.353 e. The molecule has 0 aliphatic heterocycles. The Hall–Kier alpha value is -0.530. The van der Waals surface area contributed by atoms with Crippen molar-refractivity contribution in [2.75, 3.05) is 0 Å². The maximum absolute atomic E-state index is 12.1. The maximum Gasteiger partial charge on any atom is 0.223 e. The Bertz CT molecular complexity index is 295. The van der Waals surface area contributed by atoms with Gasteiger partial charge in [-0.1, -0.05) is 19.3 Å². The van der Waals surface area contributed by atoms with Gasteiger partial charge in [0.1, 0.15) is 0 Å². The molecule has 17 heavy (non-hydrogen) atoms. The molecule has 3 aliphatic carbocycles. The van der Waals surface area contributed by atoms with Gasteiger partial charge in [-0.15, -0.1) is 0 Å². The van der Waals surface area contributed by atoms with Gasteiger partial charge in [0.05, 0.1) is 0 Å². The number of amides is 1. The van der Waals surface area contributed by atoms with E-state index in [1.54, 1.807) is 0 Å². The van der Waals surface area contributed by atoms with Crippen LogP contribution in [0.5, 0.6) is 0 Å². The Kier molecular flexibility index (Phi) is 3.14. The minimum absolute atomic E-state index is 0.330. The second kappa shape index (κ2) is 4.62. The topological polar surface area (TPSA) is 29.1 Å². The molecule has 1 N–H and O–H groups in total. The smallest absolute Gasteiger partial charge is 0.223 e. The zero-order valence-electron chi connectivity index (χ0n) is 11.0. The Labute approximate surface area is 105 Å². The van der Waals surface area contributed by atoms with Crippen molar-refractivity contribution < 1.29 is 4.79 Å². The van der Waals surface area contributed by atoms with Gasteiger partial charge in [-0.05, 0) is 56.8 Å². The third-order valence-corrected chi connectivity index (χ3v) is 5.53. The van der Waals surface area contributed by atoms with Gasteiger partial charge in [-0.2, -0.15) is 0 Å². The molecular weight excluding hydrogens is 210 g/mol. The molecule has 96 valence electrons. The lowest BCUT2D eigenvalue weighted by Crippen LogP contribution is -2.42. The highest BCUT2D eigenvalue weighted by Crippen LogP contribution is 2.49. The first kappa shape index (κ1) is 11.6. The lowest BCUT2D eigenvalue weighted by atomic mass is 9.84. The van der Waals surface area contributed by atoms with Crippen molar-refractivity contribution in [1.29, 1.82) is 0 Å². The van der Waals surface area contributed by atoms with Crippen LogP contribution in [0.4, 0.5) is 0 Å². The molecule has 0 radical (unpaired) electrons. The van der Waals surface area contributed by atoms with Gasteiger partial charge in [-0.25, -0.2) is 0 Å². The normalized spacial score (nSPS) is 38.5. The summed E-state index contributed by atoms with van der Waals surface area (Å²) < 4.78 is 0. The fourth-order valence-electron chi connectivity index (χ4n) is 4.54. The van der Waals surface area contributed by atoms with E-state index in [0.717, 1.165) is 30.6 Å². The molecule has 0 aromatic carbocycles. The summed E-state index contributed by atoms with van der Waals surface area (Å²) in [5.41, 5.74) is 0. The molecule has 0 spiro atoms. The van der Waals surface area contributed by atoms with E-state index in [9.17, 15) is 4.79 Å². The van der Waals surface area contributed by atoms with Crippen LogP contribution in [0.1, 0.15) is 58.3 Å². The van der Waals surface area contributed by atoms with Gasteiger partial charge in [-0.3, -0.25) is 4.79 Å². The molecule has 1 amide bonds. The van der Waals surface area contributed by atoms with Gasteiger partial charge in [0.25, 0.3) is 0 Å². The van der Waals surface area contributed by atoms with Crippen LogP contribution in [0.15, 0.2) is 0 Å². The van der Waals surface area contributed by atoms with Crippen LogP contribution in [0, 0.1) is 23.7 Å². The Morgan fingerprint density at radius 3 is 2.47 bits per heavy atom. The first-order valence-corrected chi connectivity index (χ1v) is 7.54. The monoisotopic (exact) mass is 235 g/mol. The van der Waals surface area contributed by atoms with Gasteiger partial charge in [0.15, 0.2) is 0 Å². The molecule has 0 unspecified atom stereocenters. The maximum atomic E-state index is 12.1. The van der Waals surface area contributed by atoms with Crippen molar-refractivity contribution in [3.05, 3.63) is 0 Å². The van der Waals surface area contributed by atoms with E-state index < -0.39 is 0 Å². The van der Waals surface area contributed by atoms with Crippen molar-refractivity contribution in [2.24, 2.45) is 23.7 Å². The number of hydrogen-bond donors (Lipinski definition) is 1. The fraction of sp³-hybridized carbons (Fsp3) is 0.933. The molecule has 4 atom stereocenters. The first-order valence-electron chi connectivity index (χ1n) is 7.54. The molecule has 0 aromatic rings. The van der Waals surface area contributed by atoms with Crippen LogP contribution in [0.2, 0.25) is 0 Å². The van der Waals surface area contributed by atoms with Gasteiger partial charge < -0.3 is 5.32 Å². The number of nitrogens with one attached hydrogen (secondary N) is 1. The third-order valence-electron chi connectivity index (χ3n) is 5.53. The second-order valence-electron chi connectivity index (χ2n) is 6.62. The van der Waals surface area contributed by atoms with E-state index >= 15 is 0 Å². The molecule has 3 rings (SSSR count). The average Bonchev–Trinajstić information content (AvgIpc) is 3.05.